The molecule has 3 aromatic rings. The van der Waals surface area contributed by atoms with E-state index in [4.69, 9.17) is 6.42 Å². The number of nitrogens with one attached hydrogen (secondary N) is 1. The van der Waals surface area contributed by atoms with Gasteiger partial charge < -0.3 is 5.32 Å². The Morgan fingerprint density at radius 3 is 2.83 bits per heavy atom. The van der Waals surface area contributed by atoms with Crippen LogP contribution in [0.2, 0.25) is 0 Å². The average Bonchev–Trinajstić information content (AvgIpc) is 3.40. The normalized spacial score (nSPS) is 15.0. The zero-order valence-electron chi connectivity index (χ0n) is 17.0. The van der Waals surface area contributed by atoms with Gasteiger partial charge in [-0.3, -0.25) is 9.69 Å². The highest BCUT2D eigenvalue weighted by atomic mass is 32.1. The molecule has 0 saturated heterocycles. The monoisotopic (exact) mass is 416 g/mol. The lowest BCUT2D eigenvalue weighted by Gasteiger charge is -2.26. The summed E-state index contributed by atoms with van der Waals surface area (Å²) in [6, 6.07) is 16.9. The molecule has 0 bridgehead atoms. The van der Waals surface area contributed by atoms with E-state index in [1.54, 1.807) is 0 Å². The van der Waals surface area contributed by atoms with Crippen molar-refractivity contribution in [2.24, 2.45) is 0 Å². The predicted molar refractivity (Wildman–Crippen MR) is 119 cm³/mol. The molecule has 0 radical (unpaired) electrons. The molecule has 0 fully saturated rings. The van der Waals surface area contributed by atoms with Crippen LogP contribution in [0, 0.1) is 19.3 Å². The van der Waals surface area contributed by atoms with Gasteiger partial charge in [-0.25, -0.2) is 0 Å². The molecule has 1 aliphatic rings. The Kier molecular flexibility index (Phi) is 6.22. The quantitative estimate of drug-likeness (QED) is 0.594. The van der Waals surface area contributed by atoms with E-state index in [-0.39, 0.29) is 11.9 Å². The topological polar surface area (TPSA) is 58.1 Å². The fourth-order valence-electron chi connectivity index (χ4n) is 3.85. The standard InChI is InChI=1S/C24H24N4OS/c1-3-14-28(21-13-12-19-6-4-5-7-20(19)21)16-22-26-27-24(30-22)23(29)25-15-18-10-8-17(2)9-11-18/h1,4-11,21H,12-16H2,2H3,(H,25,29)/t21-/m1/s1. The Labute approximate surface area is 181 Å². The van der Waals surface area contributed by atoms with Crippen molar-refractivity contribution in [3.05, 3.63) is 80.8 Å². The minimum atomic E-state index is -0.200. The van der Waals surface area contributed by atoms with Crippen molar-refractivity contribution in [3.8, 4) is 12.3 Å². The summed E-state index contributed by atoms with van der Waals surface area (Å²) in [6.07, 6.45) is 7.75. The van der Waals surface area contributed by atoms with Crippen molar-refractivity contribution < 1.29 is 4.79 Å². The van der Waals surface area contributed by atoms with Gasteiger partial charge in [0, 0.05) is 12.6 Å². The molecule has 1 amide bonds. The van der Waals surface area contributed by atoms with Gasteiger partial charge in [0.25, 0.3) is 5.91 Å². The maximum atomic E-state index is 12.5. The zero-order valence-corrected chi connectivity index (χ0v) is 17.8. The minimum Gasteiger partial charge on any atom is -0.346 e. The highest BCUT2D eigenvalue weighted by Crippen LogP contribution is 2.36. The summed E-state index contributed by atoms with van der Waals surface area (Å²) in [4.78, 5) is 14.7. The summed E-state index contributed by atoms with van der Waals surface area (Å²) < 4.78 is 0. The summed E-state index contributed by atoms with van der Waals surface area (Å²) >= 11 is 1.33. The first-order chi connectivity index (χ1) is 14.6. The minimum absolute atomic E-state index is 0.200. The molecule has 0 saturated carbocycles. The number of rotatable bonds is 7. The number of hydrogen-bond donors (Lipinski definition) is 1. The van der Waals surface area contributed by atoms with E-state index in [0.717, 1.165) is 23.4 Å². The number of fused-ring (bicyclic) bond motifs is 1. The van der Waals surface area contributed by atoms with Crippen LogP contribution in [0.4, 0.5) is 0 Å². The number of hydrogen-bond acceptors (Lipinski definition) is 5. The van der Waals surface area contributed by atoms with Crippen molar-refractivity contribution in [2.75, 3.05) is 6.54 Å². The SMILES string of the molecule is C#CCN(Cc1nnc(C(=O)NCc2ccc(C)cc2)s1)[C@@H]1CCc2ccccc21. The van der Waals surface area contributed by atoms with E-state index in [2.05, 4.69) is 50.6 Å². The Morgan fingerprint density at radius 2 is 2.03 bits per heavy atom. The molecule has 0 spiro atoms. The number of aryl methyl sites for hydroxylation is 2. The molecule has 1 aromatic heterocycles. The van der Waals surface area contributed by atoms with Gasteiger partial charge in [-0.15, -0.1) is 16.6 Å². The molecule has 30 heavy (non-hydrogen) atoms. The first-order valence-corrected chi connectivity index (χ1v) is 10.9. The molecule has 0 unspecified atom stereocenters. The van der Waals surface area contributed by atoms with Gasteiger partial charge in [0.1, 0.15) is 5.01 Å². The van der Waals surface area contributed by atoms with Gasteiger partial charge in [0.15, 0.2) is 0 Å². The molecular formula is C24H24N4OS. The fourth-order valence-corrected chi connectivity index (χ4v) is 4.64. The molecule has 2 aromatic carbocycles. The van der Waals surface area contributed by atoms with Gasteiger partial charge in [0.2, 0.25) is 5.01 Å². The van der Waals surface area contributed by atoms with Gasteiger partial charge in [-0.1, -0.05) is 71.4 Å². The number of benzene rings is 2. The van der Waals surface area contributed by atoms with Crippen molar-refractivity contribution in [2.45, 2.75) is 38.9 Å². The number of aromatic nitrogens is 2. The zero-order chi connectivity index (χ0) is 20.9. The average molecular weight is 417 g/mol. The molecule has 1 aliphatic carbocycles. The lowest BCUT2D eigenvalue weighted by molar-refractivity contribution is 0.0950. The van der Waals surface area contributed by atoms with Crippen LogP contribution in [0.1, 0.15) is 49.5 Å². The number of nitrogens with zero attached hydrogens (tertiary/aromatic N) is 3. The van der Waals surface area contributed by atoms with E-state index < -0.39 is 0 Å². The lowest BCUT2D eigenvalue weighted by Crippen LogP contribution is -2.27. The lowest BCUT2D eigenvalue weighted by atomic mass is 10.1. The Hall–Kier alpha value is -3.01. The Balaban J connectivity index is 1.40. The van der Waals surface area contributed by atoms with Crippen LogP contribution in [-0.2, 0) is 19.5 Å². The highest BCUT2D eigenvalue weighted by molar-refractivity contribution is 7.13. The van der Waals surface area contributed by atoms with Crippen LogP contribution in [0.5, 0.6) is 0 Å². The molecule has 152 valence electrons. The predicted octanol–water partition coefficient (Wildman–Crippen LogP) is 3.90. The van der Waals surface area contributed by atoms with Crippen LogP contribution in [0.15, 0.2) is 48.5 Å². The maximum absolute atomic E-state index is 12.5. The Morgan fingerprint density at radius 1 is 1.23 bits per heavy atom. The Bertz CT molecular complexity index is 1070. The van der Waals surface area contributed by atoms with Crippen LogP contribution >= 0.6 is 11.3 Å². The third kappa shape index (κ3) is 4.59. The van der Waals surface area contributed by atoms with E-state index >= 15 is 0 Å². The molecule has 4 rings (SSSR count). The van der Waals surface area contributed by atoms with Gasteiger partial charge in [-0.05, 0) is 36.5 Å². The van der Waals surface area contributed by atoms with E-state index in [9.17, 15) is 4.79 Å². The van der Waals surface area contributed by atoms with E-state index in [1.165, 1.54) is 28.0 Å². The highest BCUT2D eigenvalue weighted by Gasteiger charge is 2.28. The summed E-state index contributed by atoms with van der Waals surface area (Å²) in [7, 11) is 0. The molecule has 5 nitrogen and oxygen atoms in total. The van der Waals surface area contributed by atoms with Crippen molar-refractivity contribution in [1.82, 2.24) is 20.4 Å². The largest absolute Gasteiger partial charge is 0.346 e. The van der Waals surface area contributed by atoms with Crippen molar-refractivity contribution in [1.29, 1.82) is 0 Å². The first kappa shape index (κ1) is 20.3. The van der Waals surface area contributed by atoms with Gasteiger partial charge in [-0.2, -0.15) is 0 Å². The van der Waals surface area contributed by atoms with Crippen LogP contribution in [0.3, 0.4) is 0 Å². The summed E-state index contributed by atoms with van der Waals surface area (Å²) in [5, 5.41) is 12.5. The number of terminal acetylenes is 1. The van der Waals surface area contributed by atoms with Gasteiger partial charge >= 0.3 is 0 Å². The summed E-state index contributed by atoms with van der Waals surface area (Å²) in [6.45, 7) is 3.63. The van der Waals surface area contributed by atoms with E-state index in [0.29, 0.717) is 24.6 Å². The maximum Gasteiger partial charge on any atom is 0.282 e. The van der Waals surface area contributed by atoms with Crippen molar-refractivity contribution >= 4 is 17.2 Å². The summed E-state index contributed by atoms with van der Waals surface area (Å²) in [5.41, 5.74) is 4.98. The van der Waals surface area contributed by atoms with Crippen LogP contribution < -0.4 is 5.32 Å². The van der Waals surface area contributed by atoms with Crippen LogP contribution in [-0.4, -0.2) is 27.5 Å². The fraction of sp³-hybridized carbons (Fsp3) is 0.292. The third-order valence-electron chi connectivity index (χ3n) is 5.41. The second-order valence-corrected chi connectivity index (χ2v) is 8.59. The van der Waals surface area contributed by atoms with E-state index in [1.807, 2.05) is 31.2 Å². The number of carbonyl (C=O) groups excluding carboxylic acids is 1. The van der Waals surface area contributed by atoms with Crippen LogP contribution in [0.25, 0.3) is 0 Å². The summed E-state index contributed by atoms with van der Waals surface area (Å²) in [5.74, 6) is 2.57. The molecule has 0 aliphatic heterocycles. The third-order valence-corrected chi connectivity index (χ3v) is 6.32. The second kappa shape index (κ2) is 9.21. The second-order valence-electron chi connectivity index (χ2n) is 7.53. The molecule has 1 atom stereocenters. The van der Waals surface area contributed by atoms with Gasteiger partial charge in [0.05, 0.1) is 13.1 Å². The number of amides is 1. The molecule has 6 heteroatoms. The molecule has 1 heterocycles. The smallest absolute Gasteiger partial charge is 0.282 e. The number of carbonyl (C=O) groups is 1. The molecule has 1 N–H and O–H groups in total. The van der Waals surface area contributed by atoms with Crippen molar-refractivity contribution in [3.63, 3.8) is 0 Å². The molecular weight excluding hydrogens is 392 g/mol. The first-order valence-electron chi connectivity index (χ1n) is 10.1.